The highest BCUT2D eigenvalue weighted by Crippen LogP contribution is 2.51. The van der Waals surface area contributed by atoms with Gasteiger partial charge in [0.1, 0.15) is 0 Å². The number of hydrogen-bond acceptors (Lipinski definition) is 1. The third-order valence-corrected chi connectivity index (χ3v) is 10.4. The Morgan fingerprint density at radius 2 is 1.27 bits per heavy atom. The molecule has 1 aliphatic rings. The fraction of sp³-hybridized carbons (Fsp3) is 0.0769. The summed E-state index contributed by atoms with van der Waals surface area (Å²) < 4.78 is 5.19. The molecule has 2 heterocycles. The van der Waals surface area contributed by atoms with Crippen molar-refractivity contribution in [3.05, 3.63) is 139 Å². The monoisotopic (exact) mass is 541 g/mol. The van der Waals surface area contributed by atoms with Gasteiger partial charge in [-0.15, -0.1) is 11.3 Å². The zero-order valence-electron chi connectivity index (χ0n) is 23.0. The van der Waals surface area contributed by atoms with E-state index in [0.717, 1.165) is 0 Å². The fourth-order valence-electron chi connectivity index (χ4n) is 7.19. The summed E-state index contributed by atoms with van der Waals surface area (Å²) in [4.78, 5) is 0. The first kappa shape index (κ1) is 23.1. The van der Waals surface area contributed by atoms with Crippen LogP contribution in [0.25, 0.3) is 69.9 Å². The van der Waals surface area contributed by atoms with E-state index in [1.54, 1.807) is 0 Å². The van der Waals surface area contributed by atoms with Crippen LogP contribution in [0.3, 0.4) is 0 Å². The molecule has 8 aromatic rings. The van der Waals surface area contributed by atoms with E-state index in [9.17, 15) is 0 Å². The van der Waals surface area contributed by atoms with E-state index in [0.29, 0.717) is 0 Å². The van der Waals surface area contributed by atoms with Gasteiger partial charge in [-0.25, -0.2) is 0 Å². The summed E-state index contributed by atoms with van der Waals surface area (Å²) in [6, 6.07) is 47.2. The van der Waals surface area contributed by atoms with Crippen LogP contribution in [0.15, 0.2) is 127 Å². The van der Waals surface area contributed by atoms with Crippen molar-refractivity contribution < 1.29 is 0 Å². The van der Waals surface area contributed by atoms with Crippen LogP contribution < -0.4 is 0 Å². The fourth-order valence-corrected chi connectivity index (χ4v) is 8.40. The van der Waals surface area contributed by atoms with E-state index < -0.39 is 0 Å². The summed E-state index contributed by atoms with van der Waals surface area (Å²) >= 11 is 1.90. The Morgan fingerprint density at radius 3 is 2.17 bits per heavy atom. The van der Waals surface area contributed by atoms with Crippen LogP contribution in [0.4, 0.5) is 0 Å². The van der Waals surface area contributed by atoms with Crippen molar-refractivity contribution >= 4 is 53.3 Å². The Kier molecular flexibility index (Phi) is 4.61. The molecule has 194 valence electrons. The minimum absolute atomic E-state index is 0.0553. The van der Waals surface area contributed by atoms with Gasteiger partial charge in [-0.3, -0.25) is 0 Å². The minimum Gasteiger partial charge on any atom is -0.308 e. The molecule has 2 aromatic heterocycles. The van der Waals surface area contributed by atoms with E-state index in [1.807, 2.05) is 11.3 Å². The van der Waals surface area contributed by atoms with Gasteiger partial charge in [0, 0.05) is 31.7 Å². The van der Waals surface area contributed by atoms with E-state index in [4.69, 9.17) is 0 Å². The molecule has 1 aliphatic carbocycles. The van der Waals surface area contributed by atoms with Gasteiger partial charge in [0.05, 0.1) is 21.4 Å². The maximum atomic E-state index is 2.52. The van der Waals surface area contributed by atoms with Gasteiger partial charge < -0.3 is 4.57 Å². The van der Waals surface area contributed by atoms with Crippen LogP contribution in [0.2, 0.25) is 0 Å². The lowest BCUT2D eigenvalue weighted by Crippen LogP contribution is -2.14. The van der Waals surface area contributed by atoms with Gasteiger partial charge >= 0.3 is 0 Å². The highest BCUT2D eigenvalue weighted by molar-refractivity contribution is 7.26. The molecule has 6 aromatic carbocycles. The first-order valence-electron chi connectivity index (χ1n) is 14.3. The molecular weight excluding hydrogens is 515 g/mol. The van der Waals surface area contributed by atoms with E-state index >= 15 is 0 Å². The molecule has 0 fully saturated rings. The summed E-state index contributed by atoms with van der Waals surface area (Å²) in [5, 5.41) is 5.26. The number of hydrogen-bond donors (Lipinski definition) is 0. The molecule has 0 unspecified atom stereocenters. The second-order valence-corrected chi connectivity index (χ2v) is 12.8. The Bertz CT molecular complexity index is 2330. The molecule has 9 rings (SSSR count). The number of rotatable bonds is 2. The van der Waals surface area contributed by atoms with Crippen molar-refractivity contribution in [2.24, 2.45) is 0 Å². The first-order chi connectivity index (χ1) is 20.1. The molecular formula is C39H27NS. The topological polar surface area (TPSA) is 4.93 Å². The Labute approximate surface area is 242 Å². The van der Waals surface area contributed by atoms with Crippen molar-refractivity contribution in [2.75, 3.05) is 0 Å². The van der Waals surface area contributed by atoms with Crippen molar-refractivity contribution in [3.63, 3.8) is 0 Å². The largest absolute Gasteiger partial charge is 0.308 e. The molecule has 0 N–H and O–H groups in total. The molecule has 0 saturated heterocycles. The summed E-state index contributed by atoms with van der Waals surface area (Å²) in [6.45, 7) is 4.74. The second-order valence-electron chi connectivity index (χ2n) is 11.8. The number of nitrogens with zero attached hydrogens (tertiary/aromatic N) is 1. The van der Waals surface area contributed by atoms with E-state index in [-0.39, 0.29) is 5.41 Å². The summed E-state index contributed by atoms with van der Waals surface area (Å²) in [5.74, 6) is 0. The quantitative estimate of drug-likeness (QED) is 0.205. The molecule has 0 aliphatic heterocycles. The molecule has 0 atom stereocenters. The van der Waals surface area contributed by atoms with E-state index in [2.05, 4.69) is 146 Å². The summed E-state index contributed by atoms with van der Waals surface area (Å²) in [7, 11) is 0. The van der Waals surface area contributed by atoms with Gasteiger partial charge in [0.2, 0.25) is 0 Å². The van der Waals surface area contributed by atoms with Crippen LogP contribution in [0.1, 0.15) is 25.0 Å². The summed E-state index contributed by atoms with van der Waals surface area (Å²) in [6.07, 6.45) is 0. The van der Waals surface area contributed by atoms with Gasteiger partial charge in [-0.1, -0.05) is 105 Å². The summed E-state index contributed by atoms with van der Waals surface area (Å²) in [5.41, 5.74) is 11.8. The Hall–Kier alpha value is -4.66. The highest BCUT2D eigenvalue weighted by atomic mass is 32.1. The van der Waals surface area contributed by atoms with Gasteiger partial charge in [0.15, 0.2) is 0 Å². The lowest BCUT2D eigenvalue weighted by Gasteiger charge is -2.21. The molecule has 0 saturated carbocycles. The van der Waals surface area contributed by atoms with Crippen molar-refractivity contribution in [1.82, 2.24) is 4.57 Å². The Balaban J connectivity index is 1.43. The number of benzene rings is 6. The molecule has 0 amide bonds. The van der Waals surface area contributed by atoms with Crippen LogP contribution in [0.5, 0.6) is 0 Å². The standard InChI is InChI=1S/C39H27NS/c1-39(2)32-16-8-6-13-26(32)29-22-31-30-21-25(24-11-4-3-5-12-24)19-20-34(30)40(36(31)23-33(29)39)35-17-10-15-28-27-14-7-9-18-37(27)41-38(28)35/h3-23H,1-2H3. The van der Waals surface area contributed by atoms with Crippen LogP contribution in [-0.2, 0) is 5.41 Å². The number of aromatic nitrogens is 1. The molecule has 1 nitrogen and oxygen atoms in total. The van der Waals surface area contributed by atoms with Crippen molar-refractivity contribution in [1.29, 1.82) is 0 Å². The second kappa shape index (κ2) is 8.19. The van der Waals surface area contributed by atoms with Gasteiger partial charge in [-0.05, 0) is 69.8 Å². The molecule has 2 heteroatoms. The van der Waals surface area contributed by atoms with E-state index in [1.165, 1.54) is 81.0 Å². The smallest absolute Gasteiger partial charge is 0.0640 e. The third kappa shape index (κ3) is 3.11. The lowest BCUT2D eigenvalue weighted by molar-refractivity contribution is 0.661. The first-order valence-corrected chi connectivity index (χ1v) is 15.1. The zero-order valence-corrected chi connectivity index (χ0v) is 23.8. The zero-order chi connectivity index (χ0) is 27.3. The van der Waals surface area contributed by atoms with Gasteiger partial charge in [0.25, 0.3) is 0 Å². The number of thiophene rings is 1. The molecule has 0 bridgehead atoms. The lowest BCUT2D eigenvalue weighted by atomic mass is 9.82. The maximum absolute atomic E-state index is 2.52. The Morgan fingerprint density at radius 1 is 0.512 bits per heavy atom. The minimum atomic E-state index is -0.0553. The van der Waals surface area contributed by atoms with Crippen LogP contribution in [-0.4, -0.2) is 4.57 Å². The predicted octanol–water partition coefficient (Wildman–Crippen LogP) is 11.1. The van der Waals surface area contributed by atoms with Gasteiger partial charge in [-0.2, -0.15) is 0 Å². The molecule has 0 radical (unpaired) electrons. The average molecular weight is 542 g/mol. The maximum Gasteiger partial charge on any atom is 0.0640 e. The van der Waals surface area contributed by atoms with Crippen LogP contribution >= 0.6 is 11.3 Å². The third-order valence-electron chi connectivity index (χ3n) is 9.20. The SMILES string of the molecule is CC1(C)c2ccccc2-c2cc3c4cc(-c5ccccc5)ccc4n(-c4cccc5c4sc4ccccc45)c3cc21. The normalized spacial score (nSPS) is 13.8. The molecule has 0 spiro atoms. The average Bonchev–Trinajstić information content (AvgIpc) is 3.62. The van der Waals surface area contributed by atoms with Crippen LogP contribution in [0, 0.1) is 0 Å². The molecule has 41 heavy (non-hydrogen) atoms. The predicted molar refractivity (Wildman–Crippen MR) is 177 cm³/mol. The number of fused-ring (bicyclic) bond motifs is 9. The highest BCUT2D eigenvalue weighted by Gasteiger charge is 2.36. The van der Waals surface area contributed by atoms with Crippen molar-refractivity contribution in [3.8, 4) is 27.9 Å². The van der Waals surface area contributed by atoms with Crippen molar-refractivity contribution in [2.45, 2.75) is 19.3 Å².